The maximum atomic E-state index is 12.2. The van der Waals surface area contributed by atoms with Crippen LogP contribution in [-0.4, -0.2) is 21.5 Å². The average molecular weight is 341 g/mol. The van der Waals surface area contributed by atoms with E-state index in [1.54, 1.807) is 18.2 Å². The lowest BCUT2D eigenvalue weighted by Gasteiger charge is -2.16. The van der Waals surface area contributed by atoms with Crippen molar-refractivity contribution in [1.29, 1.82) is 0 Å². The summed E-state index contributed by atoms with van der Waals surface area (Å²) in [6.07, 6.45) is -1.40. The van der Waals surface area contributed by atoms with Gasteiger partial charge in [-0.05, 0) is 29.8 Å². The van der Waals surface area contributed by atoms with E-state index in [4.69, 9.17) is 15.8 Å². The zero-order valence-electron chi connectivity index (χ0n) is 11.6. The quantitative estimate of drug-likeness (QED) is 0.618. The van der Waals surface area contributed by atoms with Crippen molar-refractivity contribution in [2.24, 2.45) is 0 Å². The van der Waals surface area contributed by atoms with E-state index < -0.39 is 22.2 Å². The molecule has 0 N–H and O–H groups in total. The van der Waals surface area contributed by atoms with Crippen molar-refractivity contribution in [2.75, 3.05) is 7.11 Å². The Morgan fingerprint density at radius 2 is 1.64 bits per heavy atom. The van der Waals surface area contributed by atoms with E-state index >= 15 is 0 Å². The molecule has 0 amide bonds. The van der Waals surface area contributed by atoms with Crippen molar-refractivity contribution in [3.05, 3.63) is 65.2 Å². The SMILES string of the molecule is COC(=O)C(OS(=O)(=O)c1ccccc1)c1ccc(Cl)cc1. The third kappa shape index (κ3) is 3.85. The van der Waals surface area contributed by atoms with Crippen LogP contribution in [0.15, 0.2) is 59.5 Å². The van der Waals surface area contributed by atoms with E-state index in [-0.39, 0.29) is 4.90 Å². The number of ether oxygens (including phenoxy) is 1. The molecule has 0 heterocycles. The molecule has 22 heavy (non-hydrogen) atoms. The van der Waals surface area contributed by atoms with Gasteiger partial charge < -0.3 is 4.74 Å². The molecule has 0 aromatic heterocycles. The van der Waals surface area contributed by atoms with Gasteiger partial charge in [-0.2, -0.15) is 8.42 Å². The van der Waals surface area contributed by atoms with Gasteiger partial charge in [-0.1, -0.05) is 41.9 Å². The molecule has 0 spiro atoms. The molecule has 5 nitrogen and oxygen atoms in total. The third-order valence-corrected chi connectivity index (χ3v) is 4.39. The molecule has 0 fully saturated rings. The smallest absolute Gasteiger partial charge is 0.341 e. The Morgan fingerprint density at radius 1 is 1.05 bits per heavy atom. The van der Waals surface area contributed by atoms with Crippen molar-refractivity contribution in [3.8, 4) is 0 Å². The summed E-state index contributed by atoms with van der Waals surface area (Å²) >= 11 is 5.78. The zero-order chi connectivity index (χ0) is 16.2. The Hall–Kier alpha value is -1.89. The summed E-state index contributed by atoms with van der Waals surface area (Å²) < 4.78 is 34.2. The molecule has 2 aromatic carbocycles. The van der Waals surface area contributed by atoms with Gasteiger partial charge in [0.1, 0.15) is 0 Å². The van der Waals surface area contributed by atoms with E-state index in [0.29, 0.717) is 10.6 Å². The van der Waals surface area contributed by atoms with Gasteiger partial charge >= 0.3 is 5.97 Å². The van der Waals surface area contributed by atoms with E-state index in [0.717, 1.165) is 7.11 Å². The predicted molar refractivity (Wildman–Crippen MR) is 80.9 cm³/mol. The topological polar surface area (TPSA) is 69.7 Å². The van der Waals surface area contributed by atoms with Crippen molar-refractivity contribution >= 4 is 27.7 Å². The molecular formula is C15H13ClO5S. The third-order valence-electron chi connectivity index (χ3n) is 2.84. The van der Waals surface area contributed by atoms with E-state index in [1.165, 1.54) is 36.4 Å². The standard InChI is InChI=1S/C15H13ClO5S/c1-20-15(17)14(11-7-9-12(16)10-8-11)21-22(18,19)13-5-3-2-4-6-13/h2-10,14H,1H3. The molecule has 0 saturated heterocycles. The number of halogens is 1. The molecule has 1 atom stereocenters. The van der Waals surface area contributed by atoms with Crippen LogP contribution in [0.2, 0.25) is 5.02 Å². The van der Waals surface area contributed by atoms with Crippen molar-refractivity contribution in [2.45, 2.75) is 11.0 Å². The zero-order valence-corrected chi connectivity index (χ0v) is 13.2. The highest BCUT2D eigenvalue weighted by Gasteiger charge is 2.29. The Morgan fingerprint density at radius 3 is 2.18 bits per heavy atom. The molecule has 0 aliphatic carbocycles. The maximum absolute atomic E-state index is 12.2. The Labute approximate surface area is 133 Å². The summed E-state index contributed by atoms with van der Waals surface area (Å²) in [6.45, 7) is 0. The molecule has 2 aromatic rings. The number of carbonyl (C=O) groups is 1. The second-order valence-electron chi connectivity index (χ2n) is 4.32. The second kappa shape index (κ2) is 6.91. The van der Waals surface area contributed by atoms with Crippen LogP contribution in [0.5, 0.6) is 0 Å². The monoisotopic (exact) mass is 340 g/mol. The van der Waals surface area contributed by atoms with Crippen LogP contribution in [0, 0.1) is 0 Å². The fourth-order valence-electron chi connectivity index (χ4n) is 1.74. The van der Waals surface area contributed by atoms with Gasteiger partial charge in [0.15, 0.2) is 6.10 Å². The van der Waals surface area contributed by atoms with Crippen molar-refractivity contribution < 1.29 is 22.1 Å². The van der Waals surface area contributed by atoms with Crippen molar-refractivity contribution in [1.82, 2.24) is 0 Å². The van der Waals surface area contributed by atoms with Gasteiger partial charge in [0.25, 0.3) is 10.1 Å². The minimum Gasteiger partial charge on any atom is -0.467 e. The molecule has 0 aliphatic heterocycles. The Kier molecular flexibility index (Phi) is 5.18. The van der Waals surface area contributed by atoms with E-state index in [2.05, 4.69) is 4.74 Å². The molecule has 1 unspecified atom stereocenters. The van der Waals surface area contributed by atoms with Gasteiger partial charge in [-0.25, -0.2) is 8.98 Å². The average Bonchev–Trinajstić information content (AvgIpc) is 2.54. The molecule has 7 heteroatoms. The summed E-state index contributed by atoms with van der Waals surface area (Å²) in [5, 5.41) is 0.457. The lowest BCUT2D eigenvalue weighted by atomic mass is 10.1. The first-order chi connectivity index (χ1) is 10.4. The first kappa shape index (κ1) is 16.5. The normalized spacial score (nSPS) is 12.6. The molecule has 0 aliphatic rings. The molecule has 2 rings (SSSR count). The maximum Gasteiger partial charge on any atom is 0.341 e. The first-order valence-corrected chi connectivity index (χ1v) is 8.04. The first-order valence-electron chi connectivity index (χ1n) is 6.25. The summed E-state index contributed by atoms with van der Waals surface area (Å²) in [5.41, 5.74) is 0.329. The molecule has 116 valence electrons. The lowest BCUT2D eigenvalue weighted by Crippen LogP contribution is -2.21. The summed E-state index contributed by atoms with van der Waals surface area (Å²) in [7, 11) is -2.95. The molecular weight excluding hydrogens is 328 g/mol. The van der Waals surface area contributed by atoms with Gasteiger partial charge in [0.2, 0.25) is 0 Å². The predicted octanol–water partition coefficient (Wildman–Crippen LogP) is 2.96. The van der Waals surface area contributed by atoms with Crippen LogP contribution >= 0.6 is 11.6 Å². The second-order valence-corrected chi connectivity index (χ2v) is 6.33. The highest BCUT2D eigenvalue weighted by Crippen LogP contribution is 2.26. The van der Waals surface area contributed by atoms with Crippen LogP contribution in [0.3, 0.4) is 0 Å². The summed E-state index contributed by atoms with van der Waals surface area (Å²) in [4.78, 5) is 11.8. The number of benzene rings is 2. The van der Waals surface area contributed by atoms with Crippen molar-refractivity contribution in [3.63, 3.8) is 0 Å². The number of methoxy groups -OCH3 is 1. The largest absolute Gasteiger partial charge is 0.467 e. The fraction of sp³-hybridized carbons (Fsp3) is 0.133. The molecule has 0 saturated carbocycles. The lowest BCUT2D eigenvalue weighted by molar-refractivity contribution is -0.149. The summed E-state index contributed by atoms with van der Waals surface area (Å²) in [6, 6.07) is 13.6. The molecule has 0 bridgehead atoms. The Balaban J connectivity index is 2.35. The highest BCUT2D eigenvalue weighted by molar-refractivity contribution is 7.86. The van der Waals surface area contributed by atoms with Gasteiger partial charge in [-0.3, -0.25) is 0 Å². The number of esters is 1. The number of hydrogen-bond acceptors (Lipinski definition) is 5. The Bertz CT molecular complexity index is 741. The van der Waals surface area contributed by atoms with E-state index in [1.807, 2.05) is 0 Å². The minimum absolute atomic E-state index is 0.0436. The van der Waals surface area contributed by atoms with Gasteiger partial charge in [0.05, 0.1) is 12.0 Å². The summed E-state index contributed by atoms with van der Waals surface area (Å²) in [5.74, 6) is -0.818. The molecule has 0 radical (unpaired) electrons. The van der Waals surface area contributed by atoms with Crippen LogP contribution in [0.4, 0.5) is 0 Å². The number of hydrogen-bond donors (Lipinski definition) is 0. The van der Waals surface area contributed by atoms with Crippen LogP contribution in [-0.2, 0) is 23.8 Å². The van der Waals surface area contributed by atoms with Gasteiger partial charge in [0, 0.05) is 5.02 Å². The van der Waals surface area contributed by atoms with Crippen LogP contribution < -0.4 is 0 Å². The number of carbonyl (C=O) groups excluding carboxylic acids is 1. The fourth-order valence-corrected chi connectivity index (χ4v) is 2.92. The van der Waals surface area contributed by atoms with Crippen LogP contribution in [0.1, 0.15) is 11.7 Å². The van der Waals surface area contributed by atoms with Crippen LogP contribution in [0.25, 0.3) is 0 Å². The number of rotatable bonds is 5. The van der Waals surface area contributed by atoms with Gasteiger partial charge in [-0.15, -0.1) is 0 Å². The van der Waals surface area contributed by atoms with E-state index in [9.17, 15) is 13.2 Å². The highest BCUT2D eigenvalue weighted by atomic mass is 35.5. The minimum atomic E-state index is -4.11.